The lowest BCUT2D eigenvalue weighted by atomic mass is 10.3. The van der Waals surface area contributed by atoms with Gasteiger partial charge in [0.05, 0.1) is 11.4 Å². The molecule has 0 radical (unpaired) electrons. The van der Waals surface area contributed by atoms with Gasteiger partial charge in [-0.2, -0.15) is 0 Å². The molecule has 19 heavy (non-hydrogen) atoms. The van der Waals surface area contributed by atoms with Crippen molar-refractivity contribution >= 4 is 11.9 Å². The average Bonchev–Trinajstić information content (AvgIpc) is 2.79. The number of amides is 1. The Balaban J connectivity index is 2.24. The zero-order chi connectivity index (χ0) is 13.8. The summed E-state index contributed by atoms with van der Waals surface area (Å²) in [5.74, 6) is -1.66. The van der Waals surface area contributed by atoms with Gasteiger partial charge in [0.15, 0.2) is 5.69 Å². The Kier molecular flexibility index (Phi) is 3.56. The summed E-state index contributed by atoms with van der Waals surface area (Å²) in [7, 11) is 0. The molecule has 2 aromatic rings. The number of nitrogens with one attached hydrogen (secondary N) is 1. The number of para-hydroxylation sites is 1. The van der Waals surface area contributed by atoms with Crippen LogP contribution in [0.5, 0.6) is 0 Å². The highest BCUT2D eigenvalue weighted by molar-refractivity contribution is 5.94. The molecular weight excluding hydrogens is 248 g/mol. The predicted molar refractivity (Wildman–Crippen MR) is 66.1 cm³/mol. The van der Waals surface area contributed by atoms with Crippen LogP contribution in [-0.2, 0) is 4.79 Å². The zero-order valence-electron chi connectivity index (χ0n) is 10.2. The first kappa shape index (κ1) is 12.7. The first-order valence-corrected chi connectivity index (χ1v) is 5.57. The van der Waals surface area contributed by atoms with E-state index in [0.717, 1.165) is 5.69 Å². The summed E-state index contributed by atoms with van der Waals surface area (Å²) in [6.45, 7) is 1.25. The maximum atomic E-state index is 11.7. The molecular formula is C12H12N4O3. The minimum Gasteiger partial charge on any atom is -0.480 e. The van der Waals surface area contributed by atoms with E-state index in [9.17, 15) is 9.59 Å². The molecule has 0 aliphatic rings. The van der Waals surface area contributed by atoms with Gasteiger partial charge in [-0.15, -0.1) is 5.10 Å². The van der Waals surface area contributed by atoms with Crippen molar-refractivity contribution in [3.63, 3.8) is 0 Å². The van der Waals surface area contributed by atoms with Crippen molar-refractivity contribution in [3.8, 4) is 5.69 Å². The summed E-state index contributed by atoms with van der Waals surface area (Å²) in [5, 5.41) is 18.4. The molecule has 0 fully saturated rings. The molecule has 1 aromatic heterocycles. The van der Waals surface area contributed by atoms with E-state index in [4.69, 9.17) is 5.11 Å². The number of aromatic nitrogens is 3. The fourth-order valence-electron chi connectivity index (χ4n) is 1.59. The zero-order valence-corrected chi connectivity index (χ0v) is 10.2. The van der Waals surface area contributed by atoms with Gasteiger partial charge >= 0.3 is 5.97 Å². The van der Waals surface area contributed by atoms with E-state index >= 15 is 0 Å². The van der Waals surface area contributed by atoms with Crippen LogP contribution in [0.25, 0.3) is 5.69 Å². The topological polar surface area (TPSA) is 97.1 Å². The van der Waals surface area contributed by atoms with Crippen LogP contribution in [0.2, 0.25) is 0 Å². The quantitative estimate of drug-likeness (QED) is 0.828. The average molecular weight is 260 g/mol. The summed E-state index contributed by atoms with van der Waals surface area (Å²) >= 11 is 0. The van der Waals surface area contributed by atoms with Crippen molar-refractivity contribution in [1.29, 1.82) is 0 Å². The molecule has 2 rings (SSSR count). The van der Waals surface area contributed by atoms with E-state index in [0.29, 0.717) is 5.69 Å². The maximum Gasteiger partial charge on any atom is 0.322 e. The molecule has 7 nitrogen and oxygen atoms in total. The fourth-order valence-corrected chi connectivity index (χ4v) is 1.59. The fraction of sp³-hybridized carbons (Fsp3) is 0.167. The summed E-state index contributed by atoms with van der Waals surface area (Å²) in [6, 6.07) is 9.23. The number of carboxylic acids is 1. The number of carbonyl (C=O) groups excluding carboxylic acids is 1. The van der Waals surface area contributed by atoms with Gasteiger partial charge < -0.3 is 10.4 Å². The largest absolute Gasteiger partial charge is 0.480 e. The summed E-state index contributed by atoms with van der Waals surface area (Å²) in [5.41, 5.74) is 1.45. The molecule has 1 heterocycles. The van der Waals surface area contributed by atoms with Gasteiger partial charge in [-0.25, -0.2) is 4.68 Å². The van der Waals surface area contributed by atoms with E-state index in [2.05, 4.69) is 15.6 Å². The van der Waals surface area contributed by atoms with Gasteiger partial charge in [0.25, 0.3) is 5.91 Å². The van der Waals surface area contributed by atoms with Gasteiger partial charge in [0, 0.05) is 0 Å². The Morgan fingerprint density at radius 1 is 1.32 bits per heavy atom. The highest BCUT2D eigenvalue weighted by Gasteiger charge is 2.17. The van der Waals surface area contributed by atoms with Crippen LogP contribution in [-0.4, -0.2) is 38.5 Å². The minimum absolute atomic E-state index is 0.116. The Morgan fingerprint density at radius 3 is 2.63 bits per heavy atom. The number of hydrogen-bond acceptors (Lipinski definition) is 4. The van der Waals surface area contributed by atoms with Gasteiger partial charge in [-0.3, -0.25) is 9.59 Å². The van der Waals surface area contributed by atoms with Crippen LogP contribution < -0.4 is 5.32 Å². The number of hydrogen-bond donors (Lipinski definition) is 2. The van der Waals surface area contributed by atoms with Crippen LogP contribution in [0.4, 0.5) is 0 Å². The van der Waals surface area contributed by atoms with Crippen molar-refractivity contribution in [2.45, 2.75) is 6.92 Å². The number of benzene rings is 1. The third kappa shape index (κ3) is 2.76. The van der Waals surface area contributed by atoms with Crippen LogP contribution in [0, 0.1) is 6.92 Å². The Morgan fingerprint density at radius 2 is 2.00 bits per heavy atom. The van der Waals surface area contributed by atoms with Crippen molar-refractivity contribution in [1.82, 2.24) is 20.3 Å². The van der Waals surface area contributed by atoms with E-state index in [1.807, 2.05) is 30.3 Å². The monoisotopic (exact) mass is 260 g/mol. The van der Waals surface area contributed by atoms with Gasteiger partial charge in [-0.05, 0) is 19.1 Å². The number of carbonyl (C=O) groups is 2. The van der Waals surface area contributed by atoms with E-state index in [-0.39, 0.29) is 5.69 Å². The minimum atomic E-state index is -1.11. The molecule has 0 unspecified atom stereocenters. The molecule has 98 valence electrons. The first-order valence-electron chi connectivity index (χ1n) is 5.57. The lowest BCUT2D eigenvalue weighted by Crippen LogP contribution is -2.30. The molecule has 7 heteroatoms. The Labute approximate surface area is 108 Å². The van der Waals surface area contributed by atoms with Crippen molar-refractivity contribution in [2.24, 2.45) is 0 Å². The van der Waals surface area contributed by atoms with Crippen molar-refractivity contribution in [3.05, 3.63) is 41.7 Å². The molecule has 0 aliphatic carbocycles. The number of rotatable bonds is 4. The second-order valence-corrected chi connectivity index (χ2v) is 3.85. The molecule has 0 bridgehead atoms. The second kappa shape index (κ2) is 5.30. The van der Waals surface area contributed by atoms with Crippen LogP contribution >= 0.6 is 0 Å². The molecule has 0 atom stereocenters. The molecule has 1 aromatic carbocycles. The van der Waals surface area contributed by atoms with E-state index in [1.165, 1.54) is 4.68 Å². The third-order valence-corrected chi connectivity index (χ3v) is 2.51. The van der Waals surface area contributed by atoms with Gasteiger partial charge in [-0.1, -0.05) is 23.4 Å². The Hall–Kier alpha value is -2.70. The standard InChI is InChI=1S/C12H12N4O3/c1-8-11(12(19)13-7-10(17)18)14-15-16(8)9-5-3-2-4-6-9/h2-6H,7H2,1H3,(H,13,19)(H,17,18). The predicted octanol–water partition coefficient (Wildman–Crippen LogP) is 0.390. The van der Waals surface area contributed by atoms with Gasteiger partial charge in [0.2, 0.25) is 0 Å². The lowest BCUT2D eigenvalue weighted by Gasteiger charge is -2.03. The second-order valence-electron chi connectivity index (χ2n) is 3.85. The summed E-state index contributed by atoms with van der Waals surface area (Å²) in [4.78, 5) is 22.1. The van der Waals surface area contributed by atoms with Crippen LogP contribution in [0.1, 0.15) is 16.2 Å². The molecule has 0 saturated carbocycles. The molecule has 1 amide bonds. The molecule has 0 spiro atoms. The highest BCUT2D eigenvalue weighted by Crippen LogP contribution is 2.11. The normalized spacial score (nSPS) is 10.2. The number of nitrogens with zero attached hydrogens (tertiary/aromatic N) is 3. The van der Waals surface area contributed by atoms with Crippen LogP contribution in [0.15, 0.2) is 30.3 Å². The first-order chi connectivity index (χ1) is 9.09. The lowest BCUT2D eigenvalue weighted by molar-refractivity contribution is -0.135. The third-order valence-electron chi connectivity index (χ3n) is 2.51. The summed E-state index contributed by atoms with van der Waals surface area (Å²) in [6.07, 6.45) is 0. The molecule has 2 N–H and O–H groups in total. The van der Waals surface area contributed by atoms with E-state index < -0.39 is 18.4 Å². The smallest absolute Gasteiger partial charge is 0.322 e. The number of carboxylic acid groups (broad SMARTS) is 1. The van der Waals surface area contributed by atoms with Gasteiger partial charge in [0.1, 0.15) is 6.54 Å². The van der Waals surface area contributed by atoms with E-state index in [1.54, 1.807) is 6.92 Å². The summed E-state index contributed by atoms with van der Waals surface area (Å²) < 4.78 is 1.52. The highest BCUT2D eigenvalue weighted by atomic mass is 16.4. The van der Waals surface area contributed by atoms with Crippen LogP contribution in [0.3, 0.4) is 0 Å². The van der Waals surface area contributed by atoms with Crippen molar-refractivity contribution in [2.75, 3.05) is 6.54 Å². The molecule has 0 saturated heterocycles. The Bertz CT molecular complexity index is 607. The maximum absolute atomic E-state index is 11.7. The SMILES string of the molecule is Cc1c(C(=O)NCC(=O)O)nnn1-c1ccccc1. The van der Waals surface area contributed by atoms with Crippen molar-refractivity contribution < 1.29 is 14.7 Å². The number of aliphatic carboxylic acids is 1. The molecule has 0 aliphatic heterocycles.